The van der Waals surface area contributed by atoms with E-state index in [1.165, 1.54) is 12.8 Å². The number of nitrogens with zero attached hydrogens (tertiary/aromatic N) is 2. The van der Waals surface area contributed by atoms with Gasteiger partial charge in [-0.1, -0.05) is 6.92 Å². The van der Waals surface area contributed by atoms with Gasteiger partial charge in [0.15, 0.2) is 0 Å². The van der Waals surface area contributed by atoms with Crippen molar-refractivity contribution < 1.29 is 4.74 Å². The fourth-order valence-corrected chi connectivity index (χ4v) is 2.17. The van der Waals surface area contributed by atoms with E-state index in [1.54, 1.807) is 0 Å². The van der Waals surface area contributed by atoms with Crippen LogP contribution in [0.1, 0.15) is 32.2 Å². The lowest BCUT2D eigenvalue weighted by atomic mass is 10.1. The van der Waals surface area contributed by atoms with E-state index in [0.29, 0.717) is 6.04 Å². The first-order valence-corrected chi connectivity index (χ1v) is 6.85. The highest BCUT2D eigenvalue weighted by atomic mass is 16.5. The molecule has 0 spiro atoms. The third-order valence-corrected chi connectivity index (χ3v) is 3.37. The number of rotatable bonds is 5. The van der Waals surface area contributed by atoms with Gasteiger partial charge in [0, 0.05) is 11.6 Å². The van der Waals surface area contributed by atoms with E-state index in [1.807, 2.05) is 30.6 Å². The second-order valence-electron chi connectivity index (χ2n) is 4.99. The molecule has 1 heterocycles. The largest absolute Gasteiger partial charge is 0.494 e. The van der Waals surface area contributed by atoms with E-state index < -0.39 is 0 Å². The number of hydrogen-bond donors (Lipinski definition) is 1. The molecule has 1 aromatic heterocycles. The minimum atomic E-state index is 0.563. The van der Waals surface area contributed by atoms with Crippen molar-refractivity contribution >= 4 is 5.82 Å². The van der Waals surface area contributed by atoms with Gasteiger partial charge in [-0.3, -0.25) is 0 Å². The summed E-state index contributed by atoms with van der Waals surface area (Å²) in [6, 6.07) is 8.54. The second-order valence-corrected chi connectivity index (χ2v) is 4.99. The summed E-state index contributed by atoms with van der Waals surface area (Å²) in [6.45, 7) is 2.84. The molecule has 0 aliphatic heterocycles. The summed E-state index contributed by atoms with van der Waals surface area (Å²) in [5.74, 6) is 1.66. The highest BCUT2D eigenvalue weighted by Gasteiger charge is 2.26. The Bertz CT molecular complexity index is 555. The smallest absolute Gasteiger partial charge is 0.131 e. The lowest BCUT2D eigenvalue weighted by Crippen LogP contribution is -1.99. The molecule has 0 unspecified atom stereocenters. The van der Waals surface area contributed by atoms with Crippen LogP contribution in [0.3, 0.4) is 0 Å². The highest BCUT2D eigenvalue weighted by Crippen LogP contribution is 2.39. The Hall–Kier alpha value is -1.97. The highest BCUT2D eigenvalue weighted by molar-refractivity contribution is 5.71. The molecule has 1 aliphatic rings. The monoisotopic (exact) mass is 257 g/mol. The fraction of sp³-hybridized carbons (Fsp3) is 0.400. The summed E-state index contributed by atoms with van der Waals surface area (Å²) in [6.07, 6.45) is 5.29. The molecule has 1 fully saturated rings. The Morgan fingerprint density at radius 3 is 2.68 bits per heavy atom. The van der Waals surface area contributed by atoms with Crippen LogP contribution in [0.2, 0.25) is 0 Å². The number of benzene rings is 1. The first-order valence-electron chi connectivity index (χ1n) is 6.85. The molecule has 4 nitrogen and oxygen atoms in total. The zero-order valence-corrected chi connectivity index (χ0v) is 11.2. The summed E-state index contributed by atoms with van der Waals surface area (Å²) in [5, 5.41) is 0. The summed E-state index contributed by atoms with van der Waals surface area (Å²) >= 11 is 0. The number of aromatic nitrogens is 2. The lowest BCUT2D eigenvalue weighted by molar-refractivity contribution is 0.317. The topological polar surface area (TPSA) is 53.1 Å². The first kappa shape index (κ1) is 12.1. The van der Waals surface area contributed by atoms with E-state index in [4.69, 9.17) is 10.5 Å². The molecule has 2 aromatic rings. The maximum absolute atomic E-state index is 6.16. The van der Waals surface area contributed by atoms with Gasteiger partial charge in [-0.2, -0.15) is 0 Å². The molecule has 19 heavy (non-hydrogen) atoms. The van der Waals surface area contributed by atoms with Crippen LogP contribution in [-0.4, -0.2) is 16.2 Å². The van der Waals surface area contributed by atoms with Gasteiger partial charge >= 0.3 is 0 Å². The average Bonchev–Trinajstić information content (AvgIpc) is 3.21. The molecule has 100 valence electrons. The van der Waals surface area contributed by atoms with Gasteiger partial charge in [-0.25, -0.2) is 4.98 Å². The molecule has 3 rings (SSSR count). The Morgan fingerprint density at radius 2 is 2.05 bits per heavy atom. The fourth-order valence-electron chi connectivity index (χ4n) is 2.17. The molecule has 2 N–H and O–H groups in total. The molecule has 1 aliphatic carbocycles. The quantitative estimate of drug-likeness (QED) is 0.894. The molecule has 0 bridgehead atoms. The van der Waals surface area contributed by atoms with Gasteiger partial charge in [0.2, 0.25) is 0 Å². The summed E-state index contributed by atoms with van der Waals surface area (Å²) in [7, 11) is 0. The molecule has 0 atom stereocenters. The lowest BCUT2D eigenvalue weighted by Gasteiger charge is -2.06. The molecule has 0 saturated heterocycles. The van der Waals surface area contributed by atoms with Gasteiger partial charge in [-0.15, -0.1) is 0 Å². The van der Waals surface area contributed by atoms with Crippen molar-refractivity contribution in [1.29, 1.82) is 0 Å². The van der Waals surface area contributed by atoms with Gasteiger partial charge in [0.05, 0.1) is 12.9 Å². The third kappa shape index (κ3) is 2.43. The van der Waals surface area contributed by atoms with Crippen LogP contribution in [0, 0.1) is 0 Å². The molecule has 4 heteroatoms. The standard InChI is InChI=1S/C15H19N3O/c1-2-9-19-13-7-3-11(4-8-13)14-15(16)18(10-17-14)12-5-6-12/h3-4,7-8,10,12H,2,5-6,9,16H2,1H3. The summed E-state index contributed by atoms with van der Waals surface area (Å²) in [5.41, 5.74) is 8.08. The van der Waals surface area contributed by atoms with Crippen molar-refractivity contribution in [1.82, 2.24) is 9.55 Å². The number of ether oxygens (including phenoxy) is 1. The van der Waals surface area contributed by atoms with E-state index in [2.05, 4.69) is 16.5 Å². The van der Waals surface area contributed by atoms with Crippen LogP contribution in [-0.2, 0) is 0 Å². The third-order valence-electron chi connectivity index (χ3n) is 3.37. The van der Waals surface area contributed by atoms with Gasteiger partial charge in [0.1, 0.15) is 17.3 Å². The van der Waals surface area contributed by atoms with Crippen molar-refractivity contribution in [3.63, 3.8) is 0 Å². The zero-order chi connectivity index (χ0) is 13.2. The number of hydrogen-bond acceptors (Lipinski definition) is 3. The zero-order valence-electron chi connectivity index (χ0n) is 11.2. The molecular formula is C15H19N3O. The minimum absolute atomic E-state index is 0.563. The van der Waals surface area contributed by atoms with E-state index in [9.17, 15) is 0 Å². The summed E-state index contributed by atoms with van der Waals surface area (Å²) < 4.78 is 7.65. The maximum atomic E-state index is 6.16. The molecule has 1 saturated carbocycles. The van der Waals surface area contributed by atoms with E-state index in [-0.39, 0.29) is 0 Å². The van der Waals surface area contributed by atoms with Crippen LogP contribution < -0.4 is 10.5 Å². The molecule has 0 amide bonds. The van der Waals surface area contributed by atoms with Crippen LogP contribution in [0.15, 0.2) is 30.6 Å². The number of nitrogen functional groups attached to an aromatic ring is 1. The van der Waals surface area contributed by atoms with Crippen molar-refractivity contribution in [3.05, 3.63) is 30.6 Å². The number of imidazole rings is 1. The Balaban J connectivity index is 1.81. The summed E-state index contributed by atoms with van der Waals surface area (Å²) in [4.78, 5) is 4.44. The molecular weight excluding hydrogens is 238 g/mol. The first-order chi connectivity index (χ1) is 9.29. The van der Waals surface area contributed by atoms with Crippen LogP contribution in [0.4, 0.5) is 5.82 Å². The predicted octanol–water partition coefficient (Wildman–Crippen LogP) is 3.26. The van der Waals surface area contributed by atoms with Gasteiger partial charge in [0.25, 0.3) is 0 Å². The Kier molecular flexibility index (Phi) is 3.15. The minimum Gasteiger partial charge on any atom is -0.494 e. The normalized spacial score (nSPS) is 14.6. The number of nitrogens with two attached hydrogens (primary N) is 1. The van der Waals surface area contributed by atoms with Crippen LogP contribution in [0.5, 0.6) is 5.75 Å². The van der Waals surface area contributed by atoms with Crippen LogP contribution >= 0.6 is 0 Å². The SMILES string of the molecule is CCCOc1ccc(-c2ncn(C3CC3)c2N)cc1. The predicted molar refractivity (Wildman–Crippen MR) is 76.1 cm³/mol. The Morgan fingerprint density at radius 1 is 1.32 bits per heavy atom. The van der Waals surface area contributed by atoms with E-state index >= 15 is 0 Å². The van der Waals surface area contributed by atoms with Crippen molar-refractivity contribution in [3.8, 4) is 17.0 Å². The second kappa shape index (κ2) is 4.96. The maximum Gasteiger partial charge on any atom is 0.131 e. The van der Waals surface area contributed by atoms with Gasteiger partial charge in [-0.05, 0) is 43.5 Å². The number of anilines is 1. The molecule has 0 radical (unpaired) electrons. The van der Waals surface area contributed by atoms with Crippen molar-refractivity contribution in [2.75, 3.05) is 12.3 Å². The van der Waals surface area contributed by atoms with E-state index in [0.717, 1.165) is 35.9 Å². The Labute approximate surface area is 113 Å². The van der Waals surface area contributed by atoms with Crippen molar-refractivity contribution in [2.45, 2.75) is 32.2 Å². The average molecular weight is 257 g/mol. The van der Waals surface area contributed by atoms with Crippen molar-refractivity contribution in [2.24, 2.45) is 0 Å². The molecule has 1 aromatic carbocycles. The van der Waals surface area contributed by atoms with Gasteiger partial charge < -0.3 is 15.0 Å². The van der Waals surface area contributed by atoms with Crippen LogP contribution in [0.25, 0.3) is 11.3 Å².